The van der Waals surface area contributed by atoms with Gasteiger partial charge in [-0.2, -0.15) is 0 Å². The lowest BCUT2D eigenvalue weighted by molar-refractivity contribution is -0.121. The minimum Gasteiger partial charge on any atom is -0.349 e. The molecule has 21 heavy (non-hydrogen) atoms. The van der Waals surface area contributed by atoms with Crippen LogP contribution in [0.25, 0.3) is 0 Å². The van der Waals surface area contributed by atoms with Gasteiger partial charge in [0.1, 0.15) is 0 Å². The second kappa shape index (κ2) is 6.01. The summed E-state index contributed by atoms with van der Waals surface area (Å²) in [7, 11) is 0. The van der Waals surface area contributed by atoms with Crippen LogP contribution >= 0.6 is 11.8 Å². The normalized spacial score (nSPS) is 16.8. The van der Waals surface area contributed by atoms with Gasteiger partial charge in [0, 0.05) is 11.4 Å². The molecule has 0 spiro atoms. The second-order valence-corrected chi connectivity index (χ2v) is 5.82. The van der Waals surface area contributed by atoms with E-state index in [1.807, 2.05) is 48.5 Å². The molecule has 0 aliphatic carbocycles. The highest BCUT2D eigenvalue weighted by atomic mass is 32.2. The molecule has 0 saturated heterocycles. The standard InChI is InChI=1S/C16H14N2O2S/c19-14-12-8-4-5-9-13(12)21-16(18-14)15(20)17-10-11-6-2-1-3-7-11/h1-9,16H,10H2,(H,17,20)(H,18,19)/t16-/m0/s1. The van der Waals surface area contributed by atoms with Crippen molar-refractivity contribution in [2.24, 2.45) is 0 Å². The molecule has 0 saturated carbocycles. The van der Waals surface area contributed by atoms with Crippen molar-refractivity contribution in [1.29, 1.82) is 0 Å². The van der Waals surface area contributed by atoms with Gasteiger partial charge in [-0.05, 0) is 17.7 Å². The Bertz CT molecular complexity index is 673. The van der Waals surface area contributed by atoms with Crippen molar-refractivity contribution in [1.82, 2.24) is 10.6 Å². The highest BCUT2D eigenvalue weighted by Gasteiger charge is 2.29. The first-order valence-electron chi connectivity index (χ1n) is 6.62. The molecule has 1 aliphatic rings. The smallest absolute Gasteiger partial charge is 0.253 e. The fraction of sp³-hybridized carbons (Fsp3) is 0.125. The fourth-order valence-corrected chi connectivity index (χ4v) is 3.16. The number of fused-ring (bicyclic) bond motifs is 1. The number of carbonyl (C=O) groups is 2. The van der Waals surface area contributed by atoms with Gasteiger partial charge >= 0.3 is 0 Å². The van der Waals surface area contributed by atoms with Crippen molar-refractivity contribution in [3.05, 3.63) is 65.7 Å². The predicted octanol–water partition coefficient (Wildman–Crippen LogP) is 2.16. The number of rotatable bonds is 3. The van der Waals surface area contributed by atoms with Gasteiger partial charge < -0.3 is 10.6 Å². The van der Waals surface area contributed by atoms with Crippen molar-refractivity contribution < 1.29 is 9.59 Å². The molecular weight excluding hydrogens is 284 g/mol. The highest BCUT2D eigenvalue weighted by molar-refractivity contribution is 8.00. The SMILES string of the molecule is O=C1N[C@H](C(=O)NCc2ccccc2)Sc2ccccc21. The highest BCUT2D eigenvalue weighted by Crippen LogP contribution is 2.30. The van der Waals surface area contributed by atoms with Crippen LogP contribution in [-0.2, 0) is 11.3 Å². The van der Waals surface area contributed by atoms with Gasteiger partial charge in [0.15, 0.2) is 5.37 Å². The van der Waals surface area contributed by atoms with Crippen LogP contribution in [0.3, 0.4) is 0 Å². The van der Waals surface area contributed by atoms with Crippen LogP contribution in [0.5, 0.6) is 0 Å². The molecule has 4 nitrogen and oxygen atoms in total. The van der Waals surface area contributed by atoms with E-state index in [-0.39, 0.29) is 11.8 Å². The average Bonchev–Trinajstić information content (AvgIpc) is 2.53. The first-order valence-corrected chi connectivity index (χ1v) is 7.50. The molecule has 1 atom stereocenters. The Morgan fingerprint density at radius 1 is 1.10 bits per heavy atom. The summed E-state index contributed by atoms with van der Waals surface area (Å²) < 4.78 is 0. The number of benzene rings is 2. The van der Waals surface area contributed by atoms with Gasteiger partial charge in [0.05, 0.1) is 5.56 Å². The Morgan fingerprint density at radius 3 is 2.62 bits per heavy atom. The number of amides is 2. The summed E-state index contributed by atoms with van der Waals surface area (Å²) in [6.07, 6.45) is 0. The van der Waals surface area contributed by atoms with E-state index in [1.54, 1.807) is 6.07 Å². The summed E-state index contributed by atoms with van der Waals surface area (Å²) in [6.45, 7) is 0.453. The zero-order chi connectivity index (χ0) is 14.7. The molecule has 1 aliphatic heterocycles. The van der Waals surface area contributed by atoms with Crippen LogP contribution in [0.15, 0.2) is 59.5 Å². The zero-order valence-corrected chi connectivity index (χ0v) is 12.0. The lowest BCUT2D eigenvalue weighted by Crippen LogP contribution is -2.46. The van der Waals surface area contributed by atoms with E-state index in [9.17, 15) is 9.59 Å². The van der Waals surface area contributed by atoms with Crippen molar-refractivity contribution >= 4 is 23.6 Å². The third-order valence-corrected chi connectivity index (χ3v) is 4.36. The van der Waals surface area contributed by atoms with E-state index < -0.39 is 5.37 Å². The lowest BCUT2D eigenvalue weighted by Gasteiger charge is -2.24. The van der Waals surface area contributed by atoms with E-state index in [0.29, 0.717) is 12.1 Å². The number of hydrogen-bond donors (Lipinski definition) is 2. The second-order valence-electron chi connectivity index (χ2n) is 4.67. The van der Waals surface area contributed by atoms with Crippen LogP contribution in [0, 0.1) is 0 Å². The number of carbonyl (C=O) groups excluding carboxylic acids is 2. The minimum absolute atomic E-state index is 0.188. The van der Waals surface area contributed by atoms with Crippen molar-refractivity contribution in [2.75, 3.05) is 0 Å². The minimum atomic E-state index is -0.587. The Labute approximate surface area is 126 Å². The van der Waals surface area contributed by atoms with Crippen molar-refractivity contribution in [3.8, 4) is 0 Å². The molecule has 5 heteroatoms. The van der Waals surface area contributed by atoms with Crippen molar-refractivity contribution in [3.63, 3.8) is 0 Å². The quantitative estimate of drug-likeness (QED) is 0.913. The molecule has 0 radical (unpaired) electrons. The molecule has 1 heterocycles. The van der Waals surface area contributed by atoms with Gasteiger partial charge in [0.2, 0.25) is 0 Å². The maximum atomic E-state index is 12.2. The van der Waals surface area contributed by atoms with Gasteiger partial charge in [-0.25, -0.2) is 0 Å². The maximum absolute atomic E-state index is 12.2. The van der Waals surface area contributed by atoms with Crippen LogP contribution in [0.4, 0.5) is 0 Å². The van der Waals surface area contributed by atoms with Gasteiger partial charge in [-0.1, -0.05) is 54.2 Å². The van der Waals surface area contributed by atoms with Crippen molar-refractivity contribution in [2.45, 2.75) is 16.8 Å². The monoisotopic (exact) mass is 298 g/mol. The number of hydrogen-bond acceptors (Lipinski definition) is 3. The van der Waals surface area contributed by atoms with Crippen LogP contribution in [-0.4, -0.2) is 17.2 Å². The van der Waals surface area contributed by atoms with Crippen LogP contribution < -0.4 is 10.6 Å². The summed E-state index contributed by atoms with van der Waals surface area (Å²) in [4.78, 5) is 25.0. The first kappa shape index (κ1) is 13.7. The summed E-state index contributed by atoms with van der Waals surface area (Å²) in [5.41, 5.74) is 1.65. The van der Waals surface area contributed by atoms with E-state index >= 15 is 0 Å². The molecule has 0 fully saturated rings. The van der Waals surface area contributed by atoms with E-state index in [4.69, 9.17) is 0 Å². The predicted molar refractivity (Wildman–Crippen MR) is 81.8 cm³/mol. The average molecular weight is 298 g/mol. The Kier molecular flexibility index (Phi) is 3.92. The Hall–Kier alpha value is -2.27. The molecule has 0 aromatic heterocycles. The van der Waals surface area contributed by atoms with Crippen LogP contribution in [0.2, 0.25) is 0 Å². The van der Waals surface area contributed by atoms with E-state index in [0.717, 1.165) is 10.5 Å². The molecule has 0 bridgehead atoms. The third kappa shape index (κ3) is 3.08. The van der Waals surface area contributed by atoms with Crippen LogP contribution in [0.1, 0.15) is 15.9 Å². The number of thioether (sulfide) groups is 1. The maximum Gasteiger partial charge on any atom is 0.253 e. The molecule has 2 aromatic rings. The summed E-state index contributed by atoms with van der Waals surface area (Å²) >= 11 is 1.36. The topological polar surface area (TPSA) is 58.2 Å². The molecule has 3 rings (SSSR count). The zero-order valence-electron chi connectivity index (χ0n) is 11.2. The third-order valence-electron chi connectivity index (χ3n) is 3.19. The Morgan fingerprint density at radius 2 is 1.81 bits per heavy atom. The van der Waals surface area contributed by atoms with Gasteiger partial charge in [-0.15, -0.1) is 0 Å². The molecule has 106 valence electrons. The number of nitrogens with one attached hydrogen (secondary N) is 2. The van der Waals surface area contributed by atoms with Gasteiger partial charge in [-0.3, -0.25) is 9.59 Å². The summed E-state index contributed by atoms with van der Waals surface area (Å²) in [5.74, 6) is -0.393. The van der Waals surface area contributed by atoms with E-state index in [1.165, 1.54) is 11.8 Å². The Balaban J connectivity index is 1.65. The fourth-order valence-electron chi connectivity index (χ4n) is 2.11. The largest absolute Gasteiger partial charge is 0.349 e. The lowest BCUT2D eigenvalue weighted by atomic mass is 10.2. The molecular formula is C16H14N2O2S. The molecule has 0 unspecified atom stereocenters. The van der Waals surface area contributed by atoms with E-state index in [2.05, 4.69) is 10.6 Å². The molecule has 2 aromatic carbocycles. The summed E-state index contributed by atoms with van der Waals surface area (Å²) in [6, 6.07) is 17.0. The van der Waals surface area contributed by atoms with Gasteiger partial charge in [0.25, 0.3) is 11.8 Å². The molecule has 2 N–H and O–H groups in total. The molecule has 2 amide bonds. The first-order chi connectivity index (χ1) is 10.2. The summed E-state index contributed by atoms with van der Waals surface area (Å²) in [5, 5.41) is 4.98.